The highest BCUT2D eigenvalue weighted by atomic mass is 32.2. The van der Waals surface area contributed by atoms with E-state index in [1.165, 1.54) is 43.3 Å². The first-order valence-electron chi connectivity index (χ1n) is 10.6. The molecule has 0 N–H and O–H groups in total. The van der Waals surface area contributed by atoms with E-state index in [1.54, 1.807) is 0 Å². The van der Waals surface area contributed by atoms with Gasteiger partial charge >= 0.3 is 0 Å². The van der Waals surface area contributed by atoms with E-state index in [9.17, 15) is 0 Å². The molecule has 0 saturated carbocycles. The van der Waals surface area contributed by atoms with Crippen molar-refractivity contribution < 1.29 is 0 Å². The lowest BCUT2D eigenvalue weighted by atomic mass is 9.75. The Balaban J connectivity index is 1.74. The standard InChI is InChI=1S/C27H24N2S/c1-4-26(2,3)18-13-14-22-25(17-18)30-24-12-8-7-11-21(24)27(22)20-10-6-5-9-19(20)23-15-16-28-29(23)27/h5-17H,4H2,1-3H3. The van der Waals surface area contributed by atoms with Gasteiger partial charge in [-0.3, -0.25) is 0 Å². The highest BCUT2D eigenvalue weighted by Gasteiger charge is 2.51. The maximum absolute atomic E-state index is 4.88. The van der Waals surface area contributed by atoms with Crippen LogP contribution in [0.5, 0.6) is 0 Å². The summed E-state index contributed by atoms with van der Waals surface area (Å²) in [6.45, 7) is 6.94. The van der Waals surface area contributed by atoms with Gasteiger partial charge in [-0.15, -0.1) is 0 Å². The molecule has 0 bridgehead atoms. The minimum absolute atomic E-state index is 0.157. The van der Waals surface area contributed by atoms with E-state index in [1.807, 2.05) is 18.0 Å². The van der Waals surface area contributed by atoms with E-state index < -0.39 is 5.54 Å². The molecule has 148 valence electrons. The van der Waals surface area contributed by atoms with Crippen LogP contribution in [0.1, 0.15) is 49.4 Å². The van der Waals surface area contributed by atoms with E-state index in [-0.39, 0.29) is 5.41 Å². The molecule has 2 aliphatic heterocycles. The molecule has 0 saturated heterocycles. The van der Waals surface area contributed by atoms with Gasteiger partial charge in [-0.05, 0) is 41.2 Å². The summed E-state index contributed by atoms with van der Waals surface area (Å²) in [6, 6.07) is 26.9. The van der Waals surface area contributed by atoms with Crippen molar-refractivity contribution in [2.24, 2.45) is 0 Å². The zero-order chi connectivity index (χ0) is 20.5. The second-order valence-electron chi connectivity index (χ2n) is 8.93. The van der Waals surface area contributed by atoms with Gasteiger partial charge in [0, 0.05) is 32.7 Å². The third-order valence-electron chi connectivity index (χ3n) is 7.09. The van der Waals surface area contributed by atoms with Crippen molar-refractivity contribution in [1.82, 2.24) is 9.78 Å². The van der Waals surface area contributed by atoms with Crippen LogP contribution < -0.4 is 0 Å². The Hall–Kier alpha value is -2.78. The largest absolute Gasteiger partial charge is 0.245 e. The van der Waals surface area contributed by atoms with Gasteiger partial charge in [0.1, 0.15) is 5.54 Å². The summed E-state index contributed by atoms with van der Waals surface area (Å²) >= 11 is 1.89. The van der Waals surface area contributed by atoms with Crippen LogP contribution in [-0.2, 0) is 11.0 Å². The molecule has 1 unspecified atom stereocenters. The molecule has 1 atom stereocenters. The van der Waals surface area contributed by atoms with Crippen LogP contribution in [0.3, 0.4) is 0 Å². The van der Waals surface area contributed by atoms with Gasteiger partial charge in [-0.25, -0.2) is 4.68 Å². The second-order valence-corrected chi connectivity index (χ2v) is 10.0. The van der Waals surface area contributed by atoms with Gasteiger partial charge in [0.15, 0.2) is 0 Å². The SMILES string of the molecule is CCC(C)(C)c1ccc2c(c1)Sc1ccccc1C21c2ccccc2-c2ccnn21. The maximum atomic E-state index is 4.88. The molecular formula is C27H24N2S. The Bertz CT molecular complexity index is 1300. The molecule has 3 aromatic carbocycles. The first-order chi connectivity index (χ1) is 14.6. The molecule has 0 aliphatic carbocycles. The smallest absolute Gasteiger partial charge is 0.141 e. The first-order valence-corrected chi connectivity index (χ1v) is 11.5. The van der Waals surface area contributed by atoms with Crippen molar-refractivity contribution in [2.45, 2.75) is 47.9 Å². The molecule has 1 spiro atoms. The Labute approximate surface area is 182 Å². The zero-order valence-electron chi connectivity index (χ0n) is 17.5. The summed E-state index contributed by atoms with van der Waals surface area (Å²) in [5.41, 5.74) is 7.59. The van der Waals surface area contributed by atoms with Gasteiger partial charge in [0.25, 0.3) is 0 Å². The van der Waals surface area contributed by atoms with Gasteiger partial charge in [0.2, 0.25) is 0 Å². The molecule has 2 aliphatic rings. The number of rotatable bonds is 2. The van der Waals surface area contributed by atoms with Crippen molar-refractivity contribution >= 4 is 11.8 Å². The van der Waals surface area contributed by atoms with Crippen molar-refractivity contribution in [3.05, 3.63) is 101 Å². The molecular weight excluding hydrogens is 384 g/mol. The molecule has 2 nitrogen and oxygen atoms in total. The van der Waals surface area contributed by atoms with Crippen LogP contribution in [-0.4, -0.2) is 9.78 Å². The lowest BCUT2D eigenvalue weighted by Gasteiger charge is -2.39. The summed E-state index contributed by atoms with van der Waals surface area (Å²) in [6.07, 6.45) is 3.05. The lowest BCUT2D eigenvalue weighted by Crippen LogP contribution is -2.38. The maximum Gasteiger partial charge on any atom is 0.141 e. The van der Waals surface area contributed by atoms with Crippen LogP contribution in [0, 0.1) is 0 Å². The predicted molar refractivity (Wildman–Crippen MR) is 123 cm³/mol. The highest BCUT2D eigenvalue weighted by Crippen LogP contribution is 2.58. The van der Waals surface area contributed by atoms with Crippen LogP contribution in [0.2, 0.25) is 0 Å². The summed E-state index contributed by atoms with van der Waals surface area (Å²) in [5.74, 6) is 0. The van der Waals surface area contributed by atoms with E-state index in [2.05, 4.69) is 98.2 Å². The van der Waals surface area contributed by atoms with E-state index in [4.69, 9.17) is 5.10 Å². The molecule has 0 amide bonds. The van der Waals surface area contributed by atoms with E-state index >= 15 is 0 Å². The van der Waals surface area contributed by atoms with E-state index in [0.29, 0.717) is 0 Å². The van der Waals surface area contributed by atoms with Gasteiger partial charge < -0.3 is 0 Å². The molecule has 1 aromatic heterocycles. The fraction of sp³-hybridized carbons (Fsp3) is 0.222. The van der Waals surface area contributed by atoms with Crippen molar-refractivity contribution in [3.8, 4) is 11.3 Å². The number of fused-ring (bicyclic) bond motifs is 9. The third-order valence-corrected chi connectivity index (χ3v) is 8.22. The van der Waals surface area contributed by atoms with Gasteiger partial charge in [0.05, 0.1) is 5.69 Å². The van der Waals surface area contributed by atoms with Crippen LogP contribution >= 0.6 is 11.8 Å². The highest BCUT2D eigenvalue weighted by molar-refractivity contribution is 7.99. The fourth-order valence-corrected chi connectivity index (χ4v) is 6.30. The summed E-state index contributed by atoms with van der Waals surface area (Å²) in [5, 5.41) is 4.88. The summed E-state index contributed by atoms with van der Waals surface area (Å²) in [7, 11) is 0. The Morgan fingerprint density at radius 3 is 2.43 bits per heavy atom. The third kappa shape index (κ3) is 2.14. The number of hydrogen-bond acceptors (Lipinski definition) is 2. The average molecular weight is 409 g/mol. The van der Waals surface area contributed by atoms with E-state index in [0.717, 1.165) is 6.42 Å². The quantitative estimate of drug-likeness (QED) is 0.312. The van der Waals surface area contributed by atoms with Crippen molar-refractivity contribution in [3.63, 3.8) is 0 Å². The topological polar surface area (TPSA) is 17.8 Å². The van der Waals surface area contributed by atoms with Gasteiger partial charge in [-0.1, -0.05) is 87.1 Å². The summed E-state index contributed by atoms with van der Waals surface area (Å²) < 4.78 is 2.25. The lowest BCUT2D eigenvalue weighted by molar-refractivity contribution is 0.464. The normalized spacial score (nSPS) is 18.6. The van der Waals surface area contributed by atoms with Crippen LogP contribution in [0.4, 0.5) is 0 Å². The number of benzene rings is 3. The molecule has 0 fully saturated rings. The fourth-order valence-electron chi connectivity index (χ4n) is 5.08. The van der Waals surface area contributed by atoms with Gasteiger partial charge in [-0.2, -0.15) is 5.10 Å². The Morgan fingerprint density at radius 2 is 1.60 bits per heavy atom. The molecule has 6 rings (SSSR count). The number of hydrogen-bond donors (Lipinski definition) is 0. The monoisotopic (exact) mass is 408 g/mol. The van der Waals surface area contributed by atoms with Crippen molar-refractivity contribution in [1.29, 1.82) is 0 Å². The molecule has 0 radical (unpaired) electrons. The Kier molecular flexibility index (Phi) is 3.67. The van der Waals surface area contributed by atoms with Crippen molar-refractivity contribution in [2.75, 3.05) is 0 Å². The minimum atomic E-state index is -0.415. The number of aromatic nitrogens is 2. The zero-order valence-corrected chi connectivity index (χ0v) is 18.3. The molecule has 30 heavy (non-hydrogen) atoms. The minimum Gasteiger partial charge on any atom is -0.245 e. The van der Waals surface area contributed by atoms with Crippen LogP contribution in [0.25, 0.3) is 11.3 Å². The average Bonchev–Trinajstić information content (AvgIpc) is 3.36. The first kappa shape index (κ1) is 18.0. The number of nitrogens with zero attached hydrogens (tertiary/aromatic N) is 2. The Morgan fingerprint density at radius 1 is 0.867 bits per heavy atom. The second kappa shape index (κ2) is 6.12. The predicted octanol–water partition coefficient (Wildman–Crippen LogP) is 6.86. The molecule has 3 heterocycles. The summed E-state index contributed by atoms with van der Waals surface area (Å²) in [4.78, 5) is 2.65. The molecule has 3 heteroatoms. The van der Waals surface area contributed by atoms with Crippen LogP contribution in [0.15, 0.2) is 88.8 Å². The molecule has 4 aromatic rings.